The van der Waals surface area contributed by atoms with E-state index in [0.717, 1.165) is 7.11 Å². The van der Waals surface area contributed by atoms with Gasteiger partial charge in [-0.05, 0) is 91.4 Å². The number of esters is 4. The maximum Gasteiger partial charge on any atom is 0.344 e. The quantitative estimate of drug-likeness (QED) is 0.0405. The predicted molar refractivity (Wildman–Crippen MR) is 253 cm³/mol. The number of rotatable bonds is 38. The molecule has 4 unspecified atom stereocenters. The van der Waals surface area contributed by atoms with Crippen LogP contribution in [-0.4, -0.2) is 128 Å². The molecule has 18 heteroatoms. The molecule has 68 heavy (non-hydrogen) atoms. The summed E-state index contributed by atoms with van der Waals surface area (Å²) in [5, 5.41) is 21.5. The van der Waals surface area contributed by atoms with Crippen molar-refractivity contribution in [2.24, 2.45) is 17.8 Å². The molecule has 0 aromatic heterocycles. The van der Waals surface area contributed by atoms with Crippen LogP contribution in [0.2, 0.25) is 0 Å². The van der Waals surface area contributed by atoms with Crippen molar-refractivity contribution in [1.82, 2.24) is 5.32 Å². The summed E-state index contributed by atoms with van der Waals surface area (Å²) >= 11 is 0. The largest absolute Gasteiger partial charge is 0.550 e. The second kappa shape index (κ2) is 42.4. The Hall–Kier alpha value is -4.74. The van der Waals surface area contributed by atoms with Gasteiger partial charge in [0, 0.05) is 49.4 Å². The summed E-state index contributed by atoms with van der Waals surface area (Å²) in [4.78, 5) is 116. The normalized spacial score (nSPS) is 12.5. The molecule has 0 radical (unpaired) electrons. The Morgan fingerprint density at radius 3 is 1.35 bits per heavy atom. The number of carbonyl (C=O) groups is 10. The molecule has 1 amide bonds. The number of ketones is 3. The number of Topliss-reactive ketones (excluding diaryl/α,β-unsaturated/α-hetero) is 3. The van der Waals surface area contributed by atoms with E-state index >= 15 is 0 Å². The molecule has 0 aromatic carbocycles. The second-order valence-electron chi connectivity index (χ2n) is 17.1. The number of nitrogens with zero attached hydrogens (tertiary/aromatic N) is 1. The Morgan fingerprint density at radius 2 is 0.971 bits per heavy atom. The number of aliphatic carboxylic acids is 2. The molecule has 0 aliphatic rings. The molecule has 0 saturated heterocycles. The zero-order valence-corrected chi connectivity index (χ0v) is 43.2. The molecule has 0 aliphatic heterocycles. The highest BCUT2D eigenvalue weighted by Gasteiger charge is 2.30. The molecule has 0 spiro atoms. The number of amides is 1. The summed E-state index contributed by atoms with van der Waals surface area (Å²) in [6.07, 6.45) is 11.0. The molecule has 0 rings (SSSR count). The first-order valence-electron chi connectivity index (χ1n) is 24.8. The average molecular weight is 973 g/mol. The topological polar surface area (TPSA) is 263 Å². The fourth-order valence-corrected chi connectivity index (χ4v) is 7.13. The van der Waals surface area contributed by atoms with Gasteiger partial charge in [-0.1, -0.05) is 67.2 Å². The number of carboxylic acid groups (broad SMARTS) is 2. The SMILES string of the molecule is CCC(CCC(=O)[O-])C(C)=O.CCCC[N+](CCCC)(CCCC)CCCC.CCOC(=O)COC(=O)CCC(NC(=O)C(CC)CCC(=O)O)C(=O)CC(CCC(=O)OCC(=O)OC)C(C)=O. The van der Waals surface area contributed by atoms with E-state index in [1.165, 1.54) is 95.9 Å². The number of ether oxygens (including phenoxy) is 4. The lowest BCUT2D eigenvalue weighted by Gasteiger charge is -2.39. The van der Waals surface area contributed by atoms with Crippen molar-refractivity contribution in [3.8, 4) is 0 Å². The van der Waals surface area contributed by atoms with Crippen LogP contribution in [0.4, 0.5) is 0 Å². The summed E-state index contributed by atoms with van der Waals surface area (Å²) in [7, 11) is 1.12. The van der Waals surface area contributed by atoms with Gasteiger partial charge in [-0.15, -0.1) is 0 Å². The van der Waals surface area contributed by atoms with Crippen molar-refractivity contribution in [1.29, 1.82) is 0 Å². The van der Waals surface area contributed by atoms with E-state index in [2.05, 4.69) is 42.5 Å². The maximum atomic E-state index is 13.2. The van der Waals surface area contributed by atoms with Gasteiger partial charge in [0.15, 0.2) is 19.0 Å². The number of hydrogen-bond donors (Lipinski definition) is 2. The number of nitrogens with one attached hydrogen (secondary N) is 1. The summed E-state index contributed by atoms with van der Waals surface area (Å²) in [6.45, 7) is 21.8. The van der Waals surface area contributed by atoms with Crippen LogP contribution in [0.3, 0.4) is 0 Å². The molecule has 0 aliphatic carbocycles. The number of methoxy groups -OCH3 is 1. The highest BCUT2D eigenvalue weighted by Crippen LogP contribution is 2.19. The number of carbonyl (C=O) groups excluding carboxylic acids is 9. The minimum atomic E-state index is -1.23. The second-order valence-corrected chi connectivity index (χ2v) is 17.1. The molecule has 18 nitrogen and oxygen atoms in total. The number of hydrogen-bond acceptors (Lipinski definition) is 15. The van der Waals surface area contributed by atoms with Gasteiger partial charge in [0.2, 0.25) is 5.91 Å². The van der Waals surface area contributed by atoms with Crippen LogP contribution in [0.25, 0.3) is 0 Å². The van der Waals surface area contributed by atoms with Crippen molar-refractivity contribution in [3.63, 3.8) is 0 Å². The van der Waals surface area contributed by atoms with Gasteiger partial charge in [0.25, 0.3) is 0 Å². The van der Waals surface area contributed by atoms with E-state index < -0.39 is 84.4 Å². The summed E-state index contributed by atoms with van der Waals surface area (Å²) in [5.41, 5.74) is 0. The van der Waals surface area contributed by atoms with Crippen LogP contribution >= 0.6 is 0 Å². The molecular weight excluding hydrogens is 885 g/mol. The van der Waals surface area contributed by atoms with Crippen LogP contribution in [0.5, 0.6) is 0 Å². The summed E-state index contributed by atoms with van der Waals surface area (Å²) in [6, 6.07) is -1.23. The Morgan fingerprint density at radius 1 is 0.544 bits per heavy atom. The van der Waals surface area contributed by atoms with Crippen LogP contribution in [0.1, 0.15) is 184 Å². The summed E-state index contributed by atoms with van der Waals surface area (Å²) in [5.74, 6) is -8.54. The molecular formula is C50H88N2O16. The van der Waals surface area contributed by atoms with Gasteiger partial charge in [-0.25, -0.2) is 9.59 Å². The van der Waals surface area contributed by atoms with Crippen LogP contribution in [-0.2, 0) is 66.9 Å². The Labute approximate surface area is 406 Å². The fraction of sp³-hybridized carbons (Fsp3) is 0.800. The van der Waals surface area contributed by atoms with E-state index in [4.69, 9.17) is 14.6 Å². The van der Waals surface area contributed by atoms with E-state index in [-0.39, 0.29) is 69.7 Å². The highest BCUT2D eigenvalue weighted by atomic mass is 16.6. The van der Waals surface area contributed by atoms with Crippen molar-refractivity contribution in [2.45, 2.75) is 190 Å². The molecule has 0 heterocycles. The molecule has 2 N–H and O–H groups in total. The maximum absolute atomic E-state index is 13.2. The first-order chi connectivity index (χ1) is 32.2. The van der Waals surface area contributed by atoms with E-state index in [0.29, 0.717) is 19.3 Å². The molecule has 0 fully saturated rings. The van der Waals surface area contributed by atoms with E-state index in [1.54, 1.807) is 13.8 Å². The molecule has 4 atom stereocenters. The minimum Gasteiger partial charge on any atom is -0.550 e. The molecule has 0 bridgehead atoms. The number of unbranched alkanes of at least 4 members (excludes halogenated alkanes) is 4. The Bertz CT molecular complexity index is 1460. The van der Waals surface area contributed by atoms with Gasteiger partial charge >= 0.3 is 29.8 Å². The molecule has 0 aromatic rings. The molecule has 394 valence electrons. The van der Waals surface area contributed by atoms with Crippen molar-refractivity contribution in [3.05, 3.63) is 0 Å². The van der Waals surface area contributed by atoms with E-state index in [1.807, 2.05) is 6.92 Å². The molecule has 0 saturated carbocycles. The van der Waals surface area contributed by atoms with Crippen molar-refractivity contribution < 1.29 is 81.6 Å². The Kier molecular flexibility index (Phi) is 42.1. The van der Waals surface area contributed by atoms with Crippen molar-refractivity contribution >= 4 is 59.1 Å². The van der Waals surface area contributed by atoms with Crippen molar-refractivity contribution in [2.75, 3.05) is 53.1 Å². The third kappa shape index (κ3) is 36.3. The first-order valence-corrected chi connectivity index (χ1v) is 24.8. The Balaban J connectivity index is -0.00000122. The standard InChI is InChI=1S/C26H39NO13.C16H36N.C8H14O3/c1-5-17(7-10-21(30)31)26(36)27-19(9-12-23(33)40-15-25(35)38-6-2)20(29)13-18(16(3)28)8-11-22(32)39-14-24(34)37-4;1-5-9-13-17(14-10-6-2,15-11-7-3)16-12-8-4;1-3-7(6(2)9)4-5-8(10)11/h17-19H,5-15H2,1-4H3,(H,27,36)(H,30,31);5-16H2,1-4H3;7H,3-5H2,1-2H3,(H,10,11)/q;+1;/p-1. The monoisotopic (exact) mass is 973 g/mol. The number of carboxylic acids is 2. The van der Waals surface area contributed by atoms with E-state index in [9.17, 15) is 53.1 Å². The lowest BCUT2D eigenvalue weighted by Crippen LogP contribution is -2.50. The van der Waals surface area contributed by atoms with Gasteiger partial charge in [0.1, 0.15) is 11.6 Å². The zero-order valence-electron chi connectivity index (χ0n) is 43.2. The van der Waals surface area contributed by atoms with Crippen LogP contribution in [0, 0.1) is 17.8 Å². The highest BCUT2D eigenvalue weighted by molar-refractivity contribution is 5.93. The lowest BCUT2D eigenvalue weighted by atomic mass is 9.89. The smallest absolute Gasteiger partial charge is 0.344 e. The predicted octanol–water partition coefficient (Wildman–Crippen LogP) is 6.04. The lowest BCUT2D eigenvalue weighted by molar-refractivity contribution is -0.929. The minimum absolute atomic E-state index is 0.0158. The summed E-state index contributed by atoms with van der Waals surface area (Å²) < 4.78 is 20.0. The van der Waals surface area contributed by atoms with Gasteiger partial charge in [-0.3, -0.25) is 33.6 Å². The first kappa shape index (κ1) is 67.5. The van der Waals surface area contributed by atoms with Gasteiger partial charge in [-0.2, -0.15) is 0 Å². The van der Waals surface area contributed by atoms with Gasteiger partial charge < -0.3 is 43.8 Å². The number of quaternary nitrogens is 1. The third-order valence-electron chi connectivity index (χ3n) is 11.6. The zero-order chi connectivity index (χ0) is 52.5. The van der Waals surface area contributed by atoms with Crippen LogP contribution in [0.15, 0.2) is 0 Å². The van der Waals surface area contributed by atoms with Gasteiger partial charge in [0.05, 0.1) is 45.9 Å². The third-order valence-corrected chi connectivity index (χ3v) is 11.6. The van der Waals surface area contributed by atoms with Crippen LogP contribution < -0.4 is 10.4 Å². The fourth-order valence-electron chi connectivity index (χ4n) is 7.13. The average Bonchev–Trinajstić information content (AvgIpc) is 3.30.